The van der Waals surface area contributed by atoms with Crippen LogP contribution >= 0.6 is 0 Å². The number of ether oxygens (including phenoxy) is 1. The lowest BCUT2D eigenvalue weighted by atomic mass is 9.94. The van der Waals surface area contributed by atoms with E-state index in [1.807, 2.05) is 0 Å². The molecule has 0 spiro atoms. The van der Waals surface area contributed by atoms with Crippen molar-refractivity contribution in [3.63, 3.8) is 0 Å². The van der Waals surface area contributed by atoms with Crippen LogP contribution in [0, 0.1) is 0 Å². The Morgan fingerprint density at radius 2 is 2.11 bits per heavy atom. The minimum Gasteiger partial charge on any atom is -0.384 e. The molecule has 0 aromatic carbocycles. The van der Waals surface area contributed by atoms with Crippen LogP contribution in [-0.2, 0) is 10.2 Å². The fraction of sp³-hybridized carbons (Fsp3) is 0.714. The third kappa shape index (κ3) is 3.56. The van der Waals surface area contributed by atoms with Crippen LogP contribution in [0.3, 0.4) is 0 Å². The zero-order valence-electron chi connectivity index (χ0n) is 12.3. The standard InChI is InChI=1S/C14H24N4O/c1-13(2,3)12-16-10(15)8-11(17-12)18-14(4)6-5-7-19-9-14/h8H,5-7,9H2,1-4H3,(H3,15,16,17,18). The zero-order valence-corrected chi connectivity index (χ0v) is 12.3. The maximum atomic E-state index is 5.88. The number of hydrogen-bond acceptors (Lipinski definition) is 5. The van der Waals surface area contributed by atoms with E-state index in [9.17, 15) is 0 Å². The summed E-state index contributed by atoms with van der Waals surface area (Å²) in [5.41, 5.74) is 5.69. The molecular weight excluding hydrogens is 240 g/mol. The second-order valence-corrected chi connectivity index (χ2v) is 6.59. The average molecular weight is 264 g/mol. The predicted octanol–water partition coefficient (Wildman–Crippen LogP) is 2.34. The first-order chi connectivity index (χ1) is 8.78. The van der Waals surface area contributed by atoms with Crippen LogP contribution in [0.5, 0.6) is 0 Å². The maximum Gasteiger partial charge on any atom is 0.138 e. The summed E-state index contributed by atoms with van der Waals surface area (Å²) in [6, 6.07) is 1.79. The zero-order chi connectivity index (χ0) is 14.1. The number of nitrogens with two attached hydrogens (primary N) is 1. The van der Waals surface area contributed by atoms with E-state index in [1.165, 1.54) is 0 Å². The number of nitrogens with one attached hydrogen (secondary N) is 1. The highest BCUT2D eigenvalue weighted by Gasteiger charge is 2.28. The summed E-state index contributed by atoms with van der Waals surface area (Å²) in [5, 5.41) is 3.45. The van der Waals surface area contributed by atoms with Crippen molar-refractivity contribution >= 4 is 11.6 Å². The van der Waals surface area contributed by atoms with Gasteiger partial charge in [0.15, 0.2) is 0 Å². The van der Waals surface area contributed by atoms with Crippen molar-refractivity contribution in [2.45, 2.75) is 51.5 Å². The molecule has 3 N–H and O–H groups in total. The number of aromatic nitrogens is 2. The highest BCUT2D eigenvalue weighted by molar-refractivity contribution is 5.47. The van der Waals surface area contributed by atoms with Gasteiger partial charge in [0.1, 0.15) is 17.5 Å². The molecule has 1 atom stereocenters. The smallest absolute Gasteiger partial charge is 0.138 e. The summed E-state index contributed by atoms with van der Waals surface area (Å²) < 4.78 is 5.55. The molecule has 0 radical (unpaired) electrons. The van der Waals surface area contributed by atoms with Crippen LogP contribution < -0.4 is 11.1 Å². The Bertz CT molecular complexity index is 447. The van der Waals surface area contributed by atoms with E-state index in [4.69, 9.17) is 10.5 Å². The molecule has 1 saturated heterocycles. The molecule has 19 heavy (non-hydrogen) atoms. The Hall–Kier alpha value is -1.36. The average Bonchev–Trinajstić information content (AvgIpc) is 2.27. The van der Waals surface area contributed by atoms with Crippen LogP contribution in [0.25, 0.3) is 0 Å². The molecule has 0 amide bonds. The Kier molecular flexibility index (Phi) is 3.67. The van der Waals surface area contributed by atoms with Gasteiger partial charge in [0.25, 0.3) is 0 Å². The van der Waals surface area contributed by atoms with Crippen LogP contribution in [0.1, 0.15) is 46.4 Å². The van der Waals surface area contributed by atoms with Gasteiger partial charge in [-0.05, 0) is 19.8 Å². The van der Waals surface area contributed by atoms with E-state index in [0.717, 1.165) is 31.1 Å². The van der Waals surface area contributed by atoms with Gasteiger partial charge in [0, 0.05) is 18.1 Å². The summed E-state index contributed by atoms with van der Waals surface area (Å²) in [4.78, 5) is 8.90. The van der Waals surface area contributed by atoms with E-state index in [0.29, 0.717) is 12.4 Å². The molecule has 2 rings (SSSR count). The van der Waals surface area contributed by atoms with Gasteiger partial charge in [-0.15, -0.1) is 0 Å². The van der Waals surface area contributed by atoms with Crippen molar-refractivity contribution < 1.29 is 4.74 Å². The first-order valence-corrected chi connectivity index (χ1v) is 6.79. The lowest BCUT2D eigenvalue weighted by Crippen LogP contribution is -2.43. The number of hydrogen-bond donors (Lipinski definition) is 2. The van der Waals surface area contributed by atoms with Crippen LogP contribution in [0.2, 0.25) is 0 Å². The number of nitrogens with zero attached hydrogens (tertiary/aromatic N) is 2. The summed E-state index contributed by atoms with van der Waals surface area (Å²) in [7, 11) is 0. The second kappa shape index (κ2) is 4.96. The van der Waals surface area contributed by atoms with Crippen molar-refractivity contribution in [1.29, 1.82) is 0 Å². The molecule has 2 heterocycles. The molecule has 0 saturated carbocycles. The normalized spacial score (nSPS) is 24.2. The fourth-order valence-corrected chi connectivity index (χ4v) is 2.21. The topological polar surface area (TPSA) is 73.1 Å². The molecule has 1 aliphatic rings. The number of rotatable bonds is 2. The van der Waals surface area contributed by atoms with Crippen molar-refractivity contribution in [3.8, 4) is 0 Å². The highest BCUT2D eigenvalue weighted by atomic mass is 16.5. The largest absolute Gasteiger partial charge is 0.384 e. The second-order valence-electron chi connectivity index (χ2n) is 6.59. The summed E-state index contributed by atoms with van der Waals surface area (Å²) in [6.45, 7) is 9.93. The molecule has 0 aliphatic carbocycles. The third-order valence-electron chi connectivity index (χ3n) is 3.28. The van der Waals surface area contributed by atoms with Gasteiger partial charge in [-0.3, -0.25) is 0 Å². The number of nitrogen functional groups attached to an aromatic ring is 1. The van der Waals surface area contributed by atoms with Gasteiger partial charge in [0.05, 0.1) is 12.1 Å². The van der Waals surface area contributed by atoms with Crippen molar-refractivity contribution in [1.82, 2.24) is 9.97 Å². The summed E-state index contributed by atoms with van der Waals surface area (Å²) in [6.07, 6.45) is 2.14. The van der Waals surface area contributed by atoms with E-state index < -0.39 is 0 Å². The Balaban J connectivity index is 2.22. The van der Waals surface area contributed by atoms with E-state index >= 15 is 0 Å². The summed E-state index contributed by atoms with van der Waals surface area (Å²) >= 11 is 0. The lowest BCUT2D eigenvalue weighted by molar-refractivity contribution is 0.0539. The van der Waals surface area contributed by atoms with Crippen molar-refractivity contribution in [2.24, 2.45) is 0 Å². The Morgan fingerprint density at radius 3 is 2.68 bits per heavy atom. The van der Waals surface area contributed by atoms with Crippen LogP contribution in [0.15, 0.2) is 6.07 Å². The van der Waals surface area contributed by atoms with Gasteiger partial charge in [0.2, 0.25) is 0 Å². The molecule has 5 heteroatoms. The first-order valence-electron chi connectivity index (χ1n) is 6.79. The summed E-state index contributed by atoms with van der Waals surface area (Å²) in [5.74, 6) is 2.04. The molecule has 1 aromatic rings. The predicted molar refractivity (Wildman–Crippen MR) is 77.2 cm³/mol. The Labute approximate surface area is 115 Å². The van der Waals surface area contributed by atoms with Gasteiger partial charge < -0.3 is 15.8 Å². The van der Waals surface area contributed by atoms with E-state index in [2.05, 4.69) is 43.0 Å². The van der Waals surface area contributed by atoms with Crippen molar-refractivity contribution in [3.05, 3.63) is 11.9 Å². The minimum absolute atomic E-state index is 0.0752. The monoisotopic (exact) mass is 264 g/mol. The molecule has 1 aliphatic heterocycles. The fourth-order valence-electron chi connectivity index (χ4n) is 2.21. The molecule has 106 valence electrons. The first kappa shape index (κ1) is 14.1. The third-order valence-corrected chi connectivity index (χ3v) is 3.28. The van der Waals surface area contributed by atoms with Crippen molar-refractivity contribution in [2.75, 3.05) is 24.3 Å². The van der Waals surface area contributed by atoms with E-state index in [-0.39, 0.29) is 11.0 Å². The van der Waals surface area contributed by atoms with Gasteiger partial charge >= 0.3 is 0 Å². The quantitative estimate of drug-likeness (QED) is 0.857. The van der Waals surface area contributed by atoms with Crippen LogP contribution in [-0.4, -0.2) is 28.7 Å². The van der Waals surface area contributed by atoms with Gasteiger partial charge in [-0.2, -0.15) is 0 Å². The molecule has 5 nitrogen and oxygen atoms in total. The molecule has 1 aromatic heterocycles. The maximum absolute atomic E-state index is 5.88. The van der Waals surface area contributed by atoms with Gasteiger partial charge in [-0.1, -0.05) is 20.8 Å². The van der Waals surface area contributed by atoms with Crippen LogP contribution in [0.4, 0.5) is 11.6 Å². The van der Waals surface area contributed by atoms with E-state index in [1.54, 1.807) is 6.07 Å². The molecule has 0 bridgehead atoms. The molecule has 1 unspecified atom stereocenters. The Morgan fingerprint density at radius 1 is 1.37 bits per heavy atom. The SMILES string of the molecule is CC1(Nc2cc(N)nc(C(C)(C)C)n2)CCCOC1. The molecule has 1 fully saturated rings. The lowest BCUT2D eigenvalue weighted by Gasteiger charge is -2.35. The molecular formula is C14H24N4O. The highest BCUT2D eigenvalue weighted by Crippen LogP contribution is 2.26. The number of anilines is 2. The van der Waals surface area contributed by atoms with Gasteiger partial charge in [-0.25, -0.2) is 9.97 Å². The minimum atomic E-state index is -0.115.